The second-order valence-corrected chi connectivity index (χ2v) is 10.1. The number of anilines is 2. The number of fused-ring (bicyclic) bond motifs is 2. The largest absolute Gasteiger partial charge is 0.377 e. The van der Waals surface area contributed by atoms with Crippen molar-refractivity contribution in [2.45, 2.75) is 38.8 Å². The molecular weight excluding hydrogens is 440 g/mol. The summed E-state index contributed by atoms with van der Waals surface area (Å²) in [5.74, 6) is 0. The second-order valence-electron chi connectivity index (χ2n) is 10.1. The lowest BCUT2D eigenvalue weighted by Crippen LogP contribution is -2.19. The van der Waals surface area contributed by atoms with E-state index < -0.39 is 0 Å². The first-order valence-electron chi connectivity index (χ1n) is 13.3. The third-order valence-electron chi connectivity index (χ3n) is 6.95. The van der Waals surface area contributed by atoms with Crippen LogP contribution < -0.4 is 20.4 Å². The Morgan fingerprint density at radius 2 is 0.917 bits per heavy atom. The van der Waals surface area contributed by atoms with Gasteiger partial charge in [-0.3, -0.25) is 0 Å². The third-order valence-corrected chi connectivity index (χ3v) is 6.95. The minimum atomic E-state index is 0.917. The highest BCUT2D eigenvalue weighted by Gasteiger charge is 2.10. The molecule has 4 nitrogen and oxygen atoms in total. The molecule has 0 unspecified atom stereocenters. The number of hydrogen-bond acceptors (Lipinski definition) is 4. The molecule has 0 saturated heterocycles. The van der Waals surface area contributed by atoms with E-state index in [-0.39, 0.29) is 0 Å². The van der Waals surface area contributed by atoms with Crippen molar-refractivity contribution in [2.75, 3.05) is 51.1 Å². The van der Waals surface area contributed by atoms with Gasteiger partial charge in [0.05, 0.1) is 0 Å². The Balaban J connectivity index is 1.15. The normalized spacial score (nSPS) is 11.3. The Hall–Kier alpha value is -3.08. The maximum Gasteiger partial charge on any atom is 0.0486 e. The molecule has 0 aliphatic carbocycles. The maximum absolute atomic E-state index is 3.67. The van der Waals surface area contributed by atoms with Crippen LogP contribution in [0.1, 0.15) is 36.8 Å². The van der Waals surface area contributed by atoms with E-state index >= 15 is 0 Å². The van der Waals surface area contributed by atoms with Crippen LogP contribution in [0.5, 0.6) is 0 Å². The first-order chi connectivity index (χ1) is 17.6. The first-order valence-corrected chi connectivity index (χ1v) is 13.3. The highest BCUT2D eigenvalue weighted by Crippen LogP contribution is 2.30. The fourth-order valence-electron chi connectivity index (χ4n) is 5.24. The molecule has 0 aromatic heterocycles. The standard InChI is InChI=1S/C32H42N4/c1-35(2)31-27(19-17-25-13-7-9-15-29(25)31)23-33-21-11-5-6-12-22-34-24-28-20-18-26-14-8-10-16-30(26)32(28)36(3)4/h7-10,13-20,33-34H,5-6,11-12,21-24H2,1-4H3. The van der Waals surface area contributed by atoms with E-state index in [0.717, 1.165) is 26.2 Å². The molecule has 0 radical (unpaired) electrons. The molecule has 0 atom stereocenters. The van der Waals surface area contributed by atoms with Crippen molar-refractivity contribution in [3.63, 3.8) is 0 Å². The number of unbranched alkanes of at least 4 members (excludes halogenated alkanes) is 3. The summed E-state index contributed by atoms with van der Waals surface area (Å²) in [6.45, 7) is 3.96. The van der Waals surface area contributed by atoms with Gasteiger partial charge in [-0.25, -0.2) is 0 Å². The van der Waals surface area contributed by atoms with E-state index in [0.29, 0.717) is 0 Å². The lowest BCUT2D eigenvalue weighted by molar-refractivity contribution is 0.563. The molecule has 0 spiro atoms. The van der Waals surface area contributed by atoms with Crippen LogP contribution in [0.2, 0.25) is 0 Å². The Morgan fingerprint density at radius 3 is 1.33 bits per heavy atom. The summed E-state index contributed by atoms with van der Waals surface area (Å²) in [7, 11) is 8.56. The van der Waals surface area contributed by atoms with Gasteiger partial charge in [-0.05, 0) is 47.8 Å². The highest BCUT2D eigenvalue weighted by molar-refractivity contribution is 5.96. The number of hydrogen-bond donors (Lipinski definition) is 2. The van der Waals surface area contributed by atoms with Crippen molar-refractivity contribution in [1.82, 2.24) is 10.6 Å². The highest BCUT2D eigenvalue weighted by atomic mass is 15.1. The van der Waals surface area contributed by atoms with E-state index in [2.05, 4.69) is 121 Å². The van der Waals surface area contributed by atoms with E-state index in [9.17, 15) is 0 Å². The predicted octanol–water partition coefficient (Wildman–Crippen LogP) is 6.56. The average molecular weight is 483 g/mol. The minimum absolute atomic E-state index is 0.917. The minimum Gasteiger partial charge on any atom is -0.377 e. The summed E-state index contributed by atoms with van der Waals surface area (Å²) in [6.07, 6.45) is 4.98. The summed E-state index contributed by atoms with van der Waals surface area (Å²) in [6, 6.07) is 26.3. The Morgan fingerprint density at radius 1 is 0.500 bits per heavy atom. The molecule has 36 heavy (non-hydrogen) atoms. The molecule has 0 fully saturated rings. The third kappa shape index (κ3) is 6.37. The van der Waals surface area contributed by atoms with Crippen LogP contribution in [-0.2, 0) is 13.1 Å². The van der Waals surface area contributed by atoms with E-state index in [1.54, 1.807) is 0 Å². The Bertz CT molecular complexity index is 1160. The van der Waals surface area contributed by atoms with Crippen LogP contribution >= 0.6 is 0 Å². The molecule has 0 amide bonds. The number of nitrogens with zero attached hydrogens (tertiary/aromatic N) is 2. The van der Waals surface area contributed by atoms with Gasteiger partial charge in [0.2, 0.25) is 0 Å². The number of benzene rings is 4. The Labute approximate surface area is 217 Å². The van der Waals surface area contributed by atoms with Crippen LogP contribution in [0.15, 0.2) is 72.8 Å². The zero-order chi connectivity index (χ0) is 25.3. The van der Waals surface area contributed by atoms with Gasteiger partial charge in [0.25, 0.3) is 0 Å². The molecule has 2 N–H and O–H groups in total. The van der Waals surface area contributed by atoms with Gasteiger partial charge in [-0.2, -0.15) is 0 Å². The van der Waals surface area contributed by atoms with Crippen molar-refractivity contribution in [3.05, 3.63) is 83.9 Å². The quantitative estimate of drug-likeness (QED) is 0.211. The van der Waals surface area contributed by atoms with Gasteiger partial charge in [-0.15, -0.1) is 0 Å². The van der Waals surface area contributed by atoms with Gasteiger partial charge in [0, 0.05) is 63.4 Å². The van der Waals surface area contributed by atoms with Crippen LogP contribution in [0, 0.1) is 0 Å². The molecule has 190 valence electrons. The first kappa shape index (κ1) is 26.0. The van der Waals surface area contributed by atoms with Gasteiger partial charge in [0.15, 0.2) is 0 Å². The van der Waals surface area contributed by atoms with Crippen LogP contribution in [0.4, 0.5) is 11.4 Å². The molecular formula is C32H42N4. The molecule has 4 rings (SSSR count). The van der Waals surface area contributed by atoms with Gasteiger partial charge < -0.3 is 20.4 Å². The predicted molar refractivity (Wildman–Crippen MR) is 158 cm³/mol. The van der Waals surface area contributed by atoms with Gasteiger partial charge in [0.1, 0.15) is 0 Å². The maximum atomic E-state index is 3.67. The molecule has 0 aliphatic rings. The lowest BCUT2D eigenvalue weighted by atomic mass is 10.0. The topological polar surface area (TPSA) is 30.5 Å². The van der Waals surface area contributed by atoms with Crippen molar-refractivity contribution >= 4 is 32.9 Å². The van der Waals surface area contributed by atoms with E-state index in [1.165, 1.54) is 69.7 Å². The van der Waals surface area contributed by atoms with E-state index in [1.807, 2.05) is 0 Å². The van der Waals surface area contributed by atoms with Crippen molar-refractivity contribution in [2.24, 2.45) is 0 Å². The van der Waals surface area contributed by atoms with Crippen molar-refractivity contribution < 1.29 is 0 Å². The summed E-state index contributed by atoms with van der Waals surface area (Å²) in [5.41, 5.74) is 5.40. The Kier molecular flexibility index (Phi) is 9.21. The fourth-order valence-corrected chi connectivity index (χ4v) is 5.24. The van der Waals surface area contributed by atoms with E-state index in [4.69, 9.17) is 0 Å². The smallest absolute Gasteiger partial charge is 0.0486 e. The molecule has 4 aromatic rings. The summed E-state index contributed by atoms with van der Waals surface area (Å²) in [5, 5.41) is 12.6. The molecule has 0 bridgehead atoms. The number of rotatable bonds is 13. The van der Waals surface area contributed by atoms with Gasteiger partial charge >= 0.3 is 0 Å². The number of nitrogens with one attached hydrogen (secondary N) is 2. The van der Waals surface area contributed by atoms with Crippen LogP contribution in [0.25, 0.3) is 21.5 Å². The average Bonchev–Trinajstić information content (AvgIpc) is 2.88. The van der Waals surface area contributed by atoms with Crippen LogP contribution in [-0.4, -0.2) is 41.3 Å². The monoisotopic (exact) mass is 482 g/mol. The van der Waals surface area contributed by atoms with Crippen molar-refractivity contribution in [1.29, 1.82) is 0 Å². The van der Waals surface area contributed by atoms with Crippen molar-refractivity contribution in [3.8, 4) is 0 Å². The molecule has 4 heteroatoms. The van der Waals surface area contributed by atoms with Crippen LogP contribution in [0.3, 0.4) is 0 Å². The second kappa shape index (κ2) is 12.8. The zero-order valence-corrected chi connectivity index (χ0v) is 22.5. The lowest BCUT2D eigenvalue weighted by Gasteiger charge is -2.21. The summed E-state index contributed by atoms with van der Waals surface area (Å²) < 4.78 is 0. The molecule has 0 aliphatic heterocycles. The summed E-state index contributed by atoms with van der Waals surface area (Å²) >= 11 is 0. The van der Waals surface area contributed by atoms with Gasteiger partial charge in [-0.1, -0.05) is 85.6 Å². The zero-order valence-electron chi connectivity index (χ0n) is 22.5. The molecule has 4 aromatic carbocycles. The molecule has 0 heterocycles. The fraction of sp³-hybridized carbons (Fsp3) is 0.375. The SMILES string of the molecule is CN(C)c1c(CNCCCCCCNCc2ccc3ccccc3c2N(C)C)ccc2ccccc12. The summed E-state index contributed by atoms with van der Waals surface area (Å²) in [4.78, 5) is 4.48. The molecule has 0 saturated carbocycles.